The second-order valence-corrected chi connectivity index (χ2v) is 12.8. The van der Waals surface area contributed by atoms with Gasteiger partial charge in [-0.1, -0.05) is 121 Å². The zero-order chi connectivity index (χ0) is 31.3. The van der Waals surface area contributed by atoms with Gasteiger partial charge in [-0.25, -0.2) is 0 Å². The van der Waals surface area contributed by atoms with Gasteiger partial charge in [0.05, 0.1) is 0 Å². The number of hydrogen-bond donors (Lipinski definition) is 0. The van der Waals surface area contributed by atoms with Crippen LogP contribution in [0.2, 0.25) is 0 Å². The number of furan rings is 2. The third-order valence-electron chi connectivity index (χ3n) is 10.2. The van der Waals surface area contributed by atoms with Gasteiger partial charge in [-0.15, -0.1) is 0 Å². The van der Waals surface area contributed by atoms with Crippen molar-refractivity contribution in [2.24, 2.45) is 0 Å². The Morgan fingerprint density at radius 2 is 0.812 bits per heavy atom. The topological polar surface area (TPSA) is 26.3 Å². The minimum absolute atomic E-state index is 0.908. The molecule has 2 heteroatoms. The molecule has 0 saturated carbocycles. The standard InChI is InChI=1S/C46H26O2/c1-3-16-32-30(14-1)42(31-15-2-4-17-33(31)44(32)36-20-10-23-40-45(36)35-18-5-6-21-38(35)47-40)28-12-7-11-27(25-28)37-26-29-13-8-22-39-43(29)46-34(37)19-9-24-41(46)48-39/h1-26H. The van der Waals surface area contributed by atoms with Gasteiger partial charge in [-0.3, -0.25) is 0 Å². The molecule has 0 spiro atoms. The fourth-order valence-electron chi connectivity index (χ4n) is 8.26. The van der Waals surface area contributed by atoms with Crippen molar-refractivity contribution in [3.05, 3.63) is 158 Å². The largest absolute Gasteiger partial charge is 0.456 e. The van der Waals surface area contributed by atoms with Gasteiger partial charge >= 0.3 is 0 Å². The van der Waals surface area contributed by atoms with Gasteiger partial charge in [0.25, 0.3) is 0 Å². The molecule has 2 heterocycles. The minimum atomic E-state index is 0.908. The lowest BCUT2D eigenvalue weighted by Gasteiger charge is -2.19. The van der Waals surface area contributed by atoms with E-state index in [0.717, 1.165) is 33.1 Å². The van der Waals surface area contributed by atoms with E-state index >= 15 is 0 Å². The number of fused-ring (bicyclic) bond motifs is 5. The van der Waals surface area contributed by atoms with Crippen LogP contribution in [0, 0.1) is 0 Å². The van der Waals surface area contributed by atoms with E-state index in [4.69, 9.17) is 8.83 Å². The molecule has 0 amide bonds. The van der Waals surface area contributed by atoms with E-state index < -0.39 is 0 Å². The molecular weight excluding hydrogens is 585 g/mol. The number of rotatable bonds is 3. The molecule has 0 saturated heterocycles. The first-order valence-corrected chi connectivity index (χ1v) is 16.4. The van der Waals surface area contributed by atoms with Crippen molar-refractivity contribution in [2.45, 2.75) is 0 Å². The molecule has 11 aromatic rings. The smallest absolute Gasteiger partial charge is 0.136 e. The van der Waals surface area contributed by atoms with E-state index in [1.807, 2.05) is 6.07 Å². The first kappa shape index (κ1) is 25.8. The average Bonchev–Trinajstić information content (AvgIpc) is 3.72. The molecular formula is C46H26O2. The maximum Gasteiger partial charge on any atom is 0.136 e. The third kappa shape index (κ3) is 3.46. The van der Waals surface area contributed by atoms with Crippen molar-refractivity contribution < 1.29 is 8.83 Å². The van der Waals surface area contributed by atoms with Crippen LogP contribution in [0.15, 0.2) is 167 Å². The Morgan fingerprint density at radius 3 is 1.58 bits per heavy atom. The fourth-order valence-corrected chi connectivity index (χ4v) is 8.26. The molecule has 2 aromatic heterocycles. The van der Waals surface area contributed by atoms with E-state index in [2.05, 4.69) is 152 Å². The molecule has 48 heavy (non-hydrogen) atoms. The van der Waals surface area contributed by atoms with Crippen LogP contribution in [0.25, 0.3) is 110 Å². The normalized spacial score (nSPS) is 12.2. The van der Waals surface area contributed by atoms with E-state index in [1.54, 1.807) is 0 Å². The maximum atomic E-state index is 6.35. The Balaban J connectivity index is 1.21. The van der Waals surface area contributed by atoms with Crippen LogP contribution in [0.1, 0.15) is 0 Å². The van der Waals surface area contributed by atoms with Gasteiger partial charge in [0.15, 0.2) is 0 Å². The zero-order valence-electron chi connectivity index (χ0n) is 25.8. The highest BCUT2D eigenvalue weighted by molar-refractivity contribution is 6.27. The zero-order valence-corrected chi connectivity index (χ0v) is 25.8. The van der Waals surface area contributed by atoms with Crippen molar-refractivity contribution in [3.63, 3.8) is 0 Å². The second-order valence-electron chi connectivity index (χ2n) is 12.8. The van der Waals surface area contributed by atoms with Gasteiger partial charge in [0.2, 0.25) is 0 Å². The molecule has 0 radical (unpaired) electrons. The monoisotopic (exact) mass is 610 g/mol. The summed E-state index contributed by atoms with van der Waals surface area (Å²) < 4.78 is 12.6. The first-order chi connectivity index (χ1) is 23.8. The molecule has 9 aromatic carbocycles. The predicted octanol–water partition coefficient (Wildman–Crippen LogP) is 13.4. The van der Waals surface area contributed by atoms with Crippen LogP contribution in [0.5, 0.6) is 0 Å². The highest BCUT2D eigenvalue weighted by atomic mass is 16.3. The number of para-hydroxylation sites is 1. The molecule has 2 nitrogen and oxygen atoms in total. The maximum absolute atomic E-state index is 6.35. The summed E-state index contributed by atoms with van der Waals surface area (Å²) in [6, 6.07) is 56.7. The van der Waals surface area contributed by atoms with Crippen molar-refractivity contribution >= 4 is 76.2 Å². The van der Waals surface area contributed by atoms with E-state index in [-0.39, 0.29) is 0 Å². The fraction of sp³-hybridized carbons (Fsp3) is 0. The Bertz CT molecular complexity index is 3010. The van der Waals surface area contributed by atoms with Crippen LogP contribution in [0.3, 0.4) is 0 Å². The molecule has 0 bridgehead atoms. The molecule has 0 atom stereocenters. The van der Waals surface area contributed by atoms with Crippen LogP contribution in [-0.4, -0.2) is 0 Å². The van der Waals surface area contributed by atoms with Gasteiger partial charge < -0.3 is 8.83 Å². The highest BCUT2D eigenvalue weighted by Crippen LogP contribution is 2.48. The second kappa shape index (κ2) is 9.57. The summed E-state index contributed by atoms with van der Waals surface area (Å²) >= 11 is 0. The summed E-state index contributed by atoms with van der Waals surface area (Å²) in [5.74, 6) is 0. The number of hydrogen-bond acceptors (Lipinski definition) is 2. The summed E-state index contributed by atoms with van der Waals surface area (Å²) in [6.07, 6.45) is 0. The molecule has 0 aliphatic rings. The Kier molecular flexibility index (Phi) is 5.14. The Labute approximate surface area is 275 Å². The summed E-state index contributed by atoms with van der Waals surface area (Å²) in [5, 5.41) is 12.0. The highest BCUT2D eigenvalue weighted by Gasteiger charge is 2.21. The summed E-state index contributed by atoms with van der Waals surface area (Å²) in [5.41, 5.74) is 11.0. The lowest BCUT2D eigenvalue weighted by Crippen LogP contribution is -1.92. The van der Waals surface area contributed by atoms with E-state index in [1.165, 1.54) is 76.5 Å². The molecule has 0 fully saturated rings. The SMILES string of the molecule is c1cc(-c2c3ccccc3c(-c3cccc4oc5ccccc5c34)c3ccccc23)cc(-c2cc3cccc4oc5cccc2c5c34)c1. The van der Waals surface area contributed by atoms with E-state index in [0.29, 0.717) is 0 Å². The van der Waals surface area contributed by atoms with Crippen molar-refractivity contribution in [3.8, 4) is 33.4 Å². The van der Waals surface area contributed by atoms with Crippen LogP contribution < -0.4 is 0 Å². The van der Waals surface area contributed by atoms with Crippen molar-refractivity contribution in [1.29, 1.82) is 0 Å². The van der Waals surface area contributed by atoms with Gasteiger partial charge in [-0.05, 0) is 102 Å². The lowest BCUT2D eigenvalue weighted by atomic mass is 9.84. The Morgan fingerprint density at radius 1 is 0.292 bits per heavy atom. The third-order valence-corrected chi connectivity index (χ3v) is 10.2. The van der Waals surface area contributed by atoms with Gasteiger partial charge in [0, 0.05) is 21.5 Å². The molecule has 222 valence electrons. The molecule has 11 rings (SSSR count). The van der Waals surface area contributed by atoms with Crippen molar-refractivity contribution in [1.82, 2.24) is 0 Å². The van der Waals surface area contributed by atoms with Crippen molar-refractivity contribution in [2.75, 3.05) is 0 Å². The quantitative estimate of drug-likeness (QED) is 0.147. The molecule has 0 unspecified atom stereocenters. The summed E-state index contributed by atoms with van der Waals surface area (Å²) in [6.45, 7) is 0. The van der Waals surface area contributed by atoms with Crippen LogP contribution in [0.4, 0.5) is 0 Å². The Hall–Kier alpha value is -6.38. The molecule has 0 N–H and O–H groups in total. The predicted molar refractivity (Wildman–Crippen MR) is 201 cm³/mol. The van der Waals surface area contributed by atoms with E-state index in [9.17, 15) is 0 Å². The molecule has 0 aliphatic heterocycles. The molecule has 0 aliphatic carbocycles. The number of benzene rings is 9. The summed E-state index contributed by atoms with van der Waals surface area (Å²) in [7, 11) is 0. The minimum Gasteiger partial charge on any atom is -0.456 e. The van der Waals surface area contributed by atoms with Crippen LogP contribution >= 0.6 is 0 Å². The average molecular weight is 611 g/mol. The van der Waals surface area contributed by atoms with Crippen LogP contribution in [-0.2, 0) is 0 Å². The first-order valence-electron chi connectivity index (χ1n) is 16.4. The van der Waals surface area contributed by atoms with Gasteiger partial charge in [0.1, 0.15) is 22.3 Å². The van der Waals surface area contributed by atoms with Gasteiger partial charge in [-0.2, -0.15) is 0 Å². The lowest BCUT2D eigenvalue weighted by molar-refractivity contribution is 0.669. The summed E-state index contributed by atoms with van der Waals surface area (Å²) in [4.78, 5) is 0.